The summed E-state index contributed by atoms with van der Waals surface area (Å²) in [5, 5.41) is 11.7. The first-order valence-electron chi connectivity index (χ1n) is 6.14. The van der Waals surface area contributed by atoms with Crippen molar-refractivity contribution in [2.24, 2.45) is 5.92 Å². The fourth-order valence-electron chi connectivity index (χ4n) is 2.08. The van der Waals surface area contributed by atoms with Gasteiger partial charge in [-0.25, -0.2) is 4.79 Å². The summed E-state index contributed by atoms with van der Waals surface area (Å²) >= 11 is 0. The predicted molar refractivity (Wildman–Crippen MR) is 68.9 cm³/mol. The smallest absolute Gasteiger partial charge is 0.325 e. The molecule has 19 heavy (non-hydrogen) atoms. The number of hydrogen-bond donors (Lipinski definition) is 1. The summed E-state index contributed by atoms with van der Waals surface area (Å²) in [4.78, 5) is 25.1. The number of nitriles is 1. The molecule has 0 aromatic heterocycles. The van der Waals surface area contributed by atoms with Crippen molar-refractivity contribution in [2.75, 3.05) is 0 Å². The zero-order chi connectivity index (χ0) is 14.0. The van der Waals surface area contributed by atoms with Crippen molar-refractivity contribution < 1.29 is 9.59 Å². The number of amides is 3. The van der Waals surface area contributed by atoms with E-state index in [0.29, 0.717) is 11.1 Å². The molecule has 1 fully saturated rings. The molecule has 3 amide bonds. The standard InChI is InChI=1S/C14H15N3O2/c1-9(2)12-13(18)17(14(19)16-12)8-11-6-4-3-5-10(11)7-15/h3-6,9,12H,8H2,1-2H3,(H,16,19)/t12-/m1/s1. The van der Waals surface area contributed by atoms with Crippen LogP contribution in [0, 0.1) is 17.2 Å². The van der Waals surface area contributed by atoms with E-state index in [9.17, 15) is 9.59 Å². The molecule has 1 aromatic rings. The Bertz CT molecular complexity index is 560. The van der Waals surface area contributed by atoms with Crippen LogP contribution in [0.3, 0.4) is 0 Å². The number of rotatable bonds is 3. The minimum atomic E-state index is -0.471. The van der Waals surface area contributed by atoms with E-state index in [1.807, 2.05) is 13.8 Å². The Balaban J connectivity index is 2.22. The third-order valence-electron chi connectivity index (χ3n) is 3.19. The predicted octanol–water partition coefficient (Wildman–Crippen LogP) is 1.63. The summed E-state index contributed by atoms with van der Waals surface area (Å²) in [5.41, 5.74) is 1.16. The second-order valence-electron chi connectivity index (χ2n) is 4.86. The van der Waals surface area contributed by atoms with E-state index in [4.69, 9.17) is 5.26 Å². The highest BCUT2D eigenvalue weighted by molar-refractivity contribution is 6.04. The molecule has 98 valence electrons. The lowest BCUT2D eigenvalue weighted by Gasteiger charge is -2.15. The fourth-order valence-corrected chi connectivity index (χ4v) is 2.08. The van der Waals surface area contributed by atoms with Crippen molar-refractivity contribution in [1.82, 2.24) is 10.2 Å². The number of nitrogens with zero attached hydrogens (tertiary/aromatic N) is 2. The molecular weight excluding hydrogens is 242 g/mol. The number of urea groups is 1. The Hall–Kier alpha value is -2.35. The van der Waals surface area contributed by atoms with Crippen molar-refractivity contribution in [3.8, 4) is 6.07 Å². The number of imide groups is 1. The first-order chi connectivity index (χ1) is 9.04. The van der Waals surface area contributed by atoms with Crippen LogP contribution in [0.2, 0.25) is 0 Å². The van der Waals surface area contributed by atoms with Gasteiger partial charge in [0.05, 0.1) is 18.2 Å². The van der Waals surface area contributed by atoms with Gasteiger partial charge >= 0.3 is 6.03 Å². The average Bonchev–Trinajstić information content (AvgIpc) is 2.67. The first kappa shape index (κ1) is 13.1. The SMILES string of the molecule is CC(C)[C@H]1NC(=O)N(Cc2ccccc2C#N)C1=O. The number of carbonyl (C=O) groups is 2. The summed E-state index contributed by atoms with van der Waals surface area (Å²) in [7, 11) is 0. The molecule has 5 heteroatoms. The maximum Gasteiger partial charge on any atom is 0.325 e. The van der Waals surface area contributed by atoms with Crippen LogP contribution in [0.5, 0.6) is 0 Å². The van der Waals surface area contributed by atoms with Crippen LogP contribution >= 0.6 is 0 Å². The van der Waals surface area contributed by atoms with Gasteiger partial charge in [-0.2, -0.15) is 5.26 Å². The monoisotopic (exact) mass is 257 g/mol. The van der Waals surface area contributed by atoms with E-state index in [1.54, 1.807) is 24.3 Å². The number of benzene rings is 1. The molecule has 1 aliphatic heterocycles. The van der Waals surface area contributed by atoms with Gasteiger partial charge in [-0.3, -0.25) is 9.69 Å². The molecule has 0 spiro atoms. The second kappa shape index (κ2) is 5.11. The van der Waals surface area contributed by atoms with Crippen molar-refractivity contribution in [2.45, 2.75) is 26.4 Å². The third kappa shape index (κ3) is 2.43. The highest BCUT2D eigenvalue weighted by atomic mass is 16.2. The topological polar surface area (TPSA) is 73.2 Å². The van der Waals surface area contributed by atoms with E-state index < -0.39 is 12.1 Å². The van der Waals surface area contributed by atoms with Gasteiger partial charge in [0, 0.05) is 0 Å². The van der Waals surface area contributed by atoms with Gasteiger partial charge in [0.1, 0.15) is 6.04 Å². The fraction of sp³-hybridized carbons (Fsp3) is 0.357. The summed E-state index contributed by atoms with van der Waals surface area (Å²) in [6.45, 7) is 3.91. The van der Waals surface area contributed by atoms with Crippen LogP contribution in [0.1, 0.15) is 25.0 Å². The van der Waals surface area contributed by atoms with Crippen LogP contribution in [0.15, 0.2) is 24.3 Å². The lowest BCUT2D eigenvalue weighted by atomic mass is 10.0. The lowest BCUT2D eigenvalue weighted by molar-refractivity contribution is -0.128. The van der Waals surface area contributed by atoms with Crippen molar-refractivity contribution in [3.63, 3.8) is 0 Å². The van der Waals surface area contributed by atoms with Gasteiger partial charge in [0.2, 0.25) is 0 Å². The van der Waals surface area contributed by atoms with Crippen LogP contribution in [0.4, 0.5) is 4.79 Å². The maximum atomic E-state index is 12.1. The molecule has 2 rings (SSSR count). The summed E-state index contributed by atoms with van der Waals surface area (Å²) < 4.78 is 0. The molecule has 5 nitrogen and oxygen atoms in total. The largest absolute Gasteiger partial charge is 0.326 e. The van der Waals surface area contributed by atoms with E-state index in [1.165, 1.54) is 4.90 Å². The van der Waals surface area contributed by atoms with E-state index in [2.05, 4.69) is 11.4 Å². The lowest BCUT2D eigenvalue weighted by Crippen LogP contribution is -2.34. The van der Waals surface area contributed by atoms with E-state index in [-0.39, 0.29) is 18.4 Å². The third-order valence-corrected chi connectivity index (χ3v) is 3.19. The van der Waals surface area contributed by atoms with Gasteiger partial charge in [0.25, 0.3) is 5.91 Å². The molecule has 0 saturated carbocycles. The van der Waals surface area contributed by atoms with E-state index in [0.717, 1.165) is 0 Å². The highest BCUT2D eigenvalue weighted by Crippen LogP contribution is 2.18. The van der Waals surface area contributed by atoms with Crippen molar-refractivity contribution in [3.05, 3.63) is 35.4 Å². The molecule has 1 aliphatic rings. The van der Waals surface area contributed by atoms with Gasteiger partial charge in [-0.1, -0.05) is 32.0 Å². The van der Waals surface area contributed by atoms with Gasteiger partial charge < -0.3 is 5.32 Å². The van der Waals surface area contributed by atoms with Crippen LogP contribution < -0.4 is 5.32 Å². The number of hydrogen-bond acceptors (Lipinski definition) is 3. The number of nitrogens with one attached hydrogen (secondary N) is 1. The zero-order valence-electron chi connectivity index (χ0n) is 10.9. The Morgan fingerprint density at radius 3 is 2.63 bits per heavy atom. The van der Waals surface area contributed by atoms with Crippen LogP contribution in [-0.4, -0.2) is 22.9 Å². The van der Waals surface area contributed by atoms with Crippen molar-refractivity contribution >= 4 is 11.9 Å². The normalized spacial score (nSPS) is 18.6. The molecule has 0 radical (unpaired) electrons. The molecule has 1 heterocycles. The van der Waals surface area contributed by atoms with Crippen LogP contribution in [-0.2, 0) is 11.3 Å². The second-order valence-corrected chi connectivity index (χ2v) is 4.86. The minimum absolute atomic E-state index is 0.0488. The molecule has 0 bridgehead atoms. The Labute approximate surface area is 111 Å². The molecule has 0 unspecified atom stereocenters. The zero-order valence-corrected chi connectivity index (χ0v) is 10.9. The molecular formula is C14H15N3O2. The quantitative estimate of drug-likeness (QED) is 0.836. The average molecular weight is 257 g/mol. The Morgan fingerprint density at radius 2 is 2.05 bits per heavy atom. The Kier molecular flexibility index (Phi) is 3.52. The van der Waals surface area contributed by atoms with Crippen molar-refractivity contribution in [1.29, 1.82) is 5.26 Å². The highest BCUT2D eigenvalue weighted by Gasteiger charge is 2.39. The van der Waals surface area contributed by atoms with Crippen LogP contribution in [0.25, 0.3) is 0 Å². The minimum Gasteiger partial charge on any atom is -0.326 e. The summed E-state index contributed by atoms with van der Waals surface area (Å²) in [5.74, 6) is -0.180. The molecule has 1 aromatic carbocycles. The first-order valence-corrected chi connectivity index (χ1v) is 6.14. The van der Waals surface area contributed by atoms with Gasteiger partial charge in [-0.15, -0.1) is 0 Å². The summed E-state index contributed by atoms with van der Waals surface area (Å²) in [6, 6.07) is 8.17. The van der Waals surface area contributed by atoms with Gasteiger partial charge in [0.15, 0.2) is 0 Å². The molecule has 1 atom stereocenters. The maximum absolute atomic E-state index is 12.1. The summed E-state index contributed by atoms with van der Waals surface area (Å²) in [6.07, 6.45) is 0. The molecule has 0 aliphatic carbocycles. The molecule has 1 saturated heterocycles. The molecule has 1 N–H and O–H groups in total. The number of carbonyl (C=O) groups excluding carboxylic acids is 2. The Morgan fingerprint density at radius 1 is 1.37 bits per heavy atom. The van der Waals surface area contributed by atoms with E-state index >= 15 is 0 Å². The van der Waals surface area contributed by atoms with Gasteiger partial charge in [-0.05, 0) is 17.5 Å².